The van der Waals surface area contributed by atoms with Crippen molar-refractivity contribution in [3.05, 3.63) is 21.9 Å². The van der Waals surface area contributed by atoms with Crippen LogP contribution in [-0.4, -0.2) is 17.8 Å². The van der Waals surface area contributed by atoms with Gasteiger partial charge in [-0.2, -0.15) is 0 Å². The molecule has 0 aliphatic rings. The van der Waals surface area contributed by atoms with Crippen LogP contribution in [0.4, 0.5) is 0 Å². The van der Waals surface area contributed by atoms with Crippen molar-refractivity contribution < 1.29 is 5.11 Å². The molecule has 0 radical (unpaired) electrons. The normalized spacial score (nSPS) is 13.4. The first-order valence-electron chi connectivity index (χ1n) is 3.65. The van der Waals surface area contributed by atoms with E-state index < -0.39 is 0 Å². The third kappa shape index (κ3) is 2.29. The largest absolute Gasteiger partial charge is 0.391 e. The van der Waals surface area contributed by atoms with Crippen molar-refractivity contribution in [3.63, 3.8) is 0 Å². The predicted molar refractivity (Wildman–Crippen MR) is 47.8 cm³/mol. The predicted octanol–water partition coefficient (Wildman–Crippen LogP) is 0.919. The molecule has 3 heteroatoms. The Morgan fingerprint density at radius 2 is 2.45 bits per heavy atom. The van der Waals surface area contributed by atoms with Crippen LogP contribution in [0.1, 0.15) is 10.4 Å². The summed E-state index contributed by atoms with van der Waals surface area (Å²) in [4.78, 5) is 1.24. The maximum absolute atomic E-state index is 9.24. The Labute approximate surface area is 70.7 Å². The highest BCUT2D eigenvalue weighted by Gasteiger charge is 2.05. The molecule has 1 heterocycles. The maximum Gasteiger partial charge on any atom is 0.0710 e. The monoisotopic (exact) mass is 171 g/mol. The SMILES string of the molecule is Cc1ccsc1CC(O)CN. The van der Waals surface area contributed by atoms with Crippen LogP contribution in [0.2, 0.25) is 0 Å². The van der Waals surface area contributed by atoms with Crippen LogP contribution in [0.15, 0.2) is 11.4 Å². The Balaban J connectivity index is 2.56. The summed E-state index contributed by atoms with van der Waals surface area (Å²) >= 11 is 1.68. The first-order chi connectivity index (χ1) is 5.24. The van der Waals surface area contributed by atoms with Crippen LogP contribution in [0, 0.1) is 6.92 Å². The minimum atomic E-state index is -0.382. The van der Waals surface area contributed by atoms with Gasteiger partial charge in [-0.25, -0.2) is 0 Å². The fraction of sp³-hybridized carbons (Fsp3) is 0.500. The second kappa shape index (κ2) is 3.85. The summed E-state index contributed by atoms with van der Waals surface area (Å²) in [6.45, 7) is 2.40. The van der Waals surface area contributed by atoms with Crippen LogP contribution in [0.25, 0.3) is 0 Å². The smallest absolute Gasteiger partial charge is 0.0710 e. The second-order valence-electron chi connectivity index (χ2n) is 2.62. The van der Waals surface area contributed by atoms with Gasteiger partial charge in [0, 0.05) is 17.8 Å². The maximum atomic E-state index is 9.24. The Morgan fingerprint density at radius 3 is 2.91 bits per heavy atom. The number of hydrogen-bond acceptors (Lipinski definition) is 3. The average Bonchev–Trinajstić information content (AvgIpc) is 2.37. The first-order valence-corrected chi connectivity index (χ1v) is 4.53. The molecule has 1 rings (SSSR count). The quantitative estimate of drug-likeness (QED) is 0.710. The first kappa shape index (κ1) is 8.71. The standard InChI is InChI=1S/C8H13NOS/c1-6-2-3-11-8(6)4-7(10)5-9/h2-3,7,10H,4-5,9H2,1H3. The fourth-order valence-electron chi connectivity index (χ4n) is 0.911. The van der Waals surface area contributed by atoms with Gasteiger partial charge in [0.15, 0.2) is 0 Å². The lowest BCUT2D eigenvalue weighted by atomic mass is 10.2. The van der Waals surface area contributed by atoms with Crippen molar-refractivity contribution in [3.8, 4) is 0 Å². The molecule has 0 bridgehead atoms. The van der Waals surface area contributed by atoms with E-state index in [9.17, 15) is 5.11 Å². The van der Waals surface area contributed by atoms with Crippen molar-refractivity contribution in [1.29, 1.82) is 0 Å². The molecule has 2 nitrogen and oxygen atoms in total. The molecule has 0 amide bonds. The van der Waals surface area contributed by atoms with Gasteiger partial charge in [0.25, 0.3) is 0 Å². The molecule has 0 aliphatic heterocycles. The van der Waals surface area contributed by atoms with E-state index in [4.69, 9.17) is 5.73 Å². The van der Waals surface area contributed by atoms with Crippen LogP contribution in [-0.2, 0) is 6.42 Å². The zero-order chi connectivity index (χ0) is 8.27. The number of nitrogens with two attached hydrogens (primary N) is 1. The fourth-order valence-corrected chi connectivity index (χ4v) is 1.89. The lowest BCUT2D eigenvalue weighted by molar-refractivity contribution is 0.184. The summed E-state index contributed by atoms with van der Waals surface area (Å²) in [5, 5.41) is 11.3. The van der Waals surface area contributed by atoms with Gasteiger partial charge in [-0.3, -0.25) is 0 Å². The van der Waals surface area contributed by atoms with Gasteiger partial charge in [-0.05, 0) is 23.9 Å². The Kier molecular flexibility index (Phi) is 3.05. The number of aliphatic hydroxyl groups is 1. The highest BCUT2D eigenvalue weighted by atomic mass is 32.1. The third-order valence-corrected chi connectivity index (χ3v) is 2.71. The molecule has 0 fully saturated rings. The Hall–Kier alpha value is -0.380. The summed E-state index contributed by atoms with van der Waals surface area (Å²) in [6, 6.07) is 2.06. The van der Waals surface area contributed by atoms with E-state index in [1.54, 1.807) is 11.3 Å². The molecule has 1 unspecified atom stereocenters. The molecular weight excluding hydrogens is 158 g/mol. The third-order valence-electron chi connectivity index (χ3n) is 1.66. The van der Waals surface area contributed by atoms with Gasteiger partial charge in [-0.1, -0.05) is 0 Å². The van der Waals surface area contributed by atoms with Crippen molar-refractivity contribution in [2.45, 2.75) is 19.4 Å². The van der Waals surface area contributed by atoms with Crippen molar-refractivity contribution in [1.82, 2.24) is 0 Å². The molecule has 0 spiro atoms. The molecular formula is C8H13NOS. The minimum Gasteiger partial charge on any atom is -0.391 e. The van der Waals surface area contributed by atoms with E-state index in [-0.39, 0.29) is 6.10 Å². The molecule has 62 valence electrons. The van der Waals surface area contributed by atoms with Crippen molar-refractivity contribution in [2.24, 2.45) is 5.73 Å². The highest BCUT2D eigenvalue weighted by Crippen LogP contribution is 2.16. The number of rotatable bonds is 3. The van der Waals surface area contributed by atoms with E-state index in [0.717, 1.165) is 0 Å². The van der Waals surface area contributed by atoms with E-state index in [1.165, 1.54) is 10.4 Å². The molecule has 3 N–H and O–H groups in total. The molecule has 0 aromatic carbocycles. The summed E-state index contributed by atoms with van der Waals surface area (Å²) in [5.41, 5.74) is 6.55. The van der Waals surface area contributed by atoms with Crippen LogP contribution < -0.4 is 5.73 Å². The van der Waals surface area contributed by atoms with E-state index in [2.05, 4.69) is 13.0 Å². The lowest BCUT2D eigenvalue weighted by Gasteiger charge is -2.05. The second-order valence-corrected chi connectivity index (χ2v) is 3.62. The highest BCUT2D eigenvalue weighted by molar-refractivity contribution is 7.10. The zero-order valence-corrected chi connectivity index (χ0v) is 7.40. The van der Waals surface area contributed by atoms with Gasteiger partial charge in [0.2, 0.25) is 0 Å². The summed E-state index contributed by atoms with van der Waals surface area (Å²) in [7, 11) is 0. The van der Waals surface area contributed by atoms with Gasteiger partial charge >= 0.3 is 0 Å². The molecule has 0 saturated heterocycles. The van der Waals surface area contributed by atoms with Gasteiger partial charge in [0.1, 0.15) is 0 Å². The molecule has 0 saturated carbocycles. The summed E-state index contributed by atoms with van der Waals surface area (Å²) in [5.74, 6) is 0. The van der Waals surface area contributed by atoms with Gasteiger partial charge in [0.05, 0.1) is 6.10 Å². The van der Waals surface area contributed by atoms with Crippen molar-refractivity contribution >= 4 is 11.3 Å². The lowest BCUT2D eigenvalue weighted by Crippen LogP contribution is -2.21. The number of hydrogen-bond donors (Lipinski definition) is 2. The number of aryl methyl sites for hydroxylation is 1. The van der Waals surface area contributed by atoms with Crippen LogP contribution in [0.5, 0.6) is 0 Å². The Morgan fingerprint density at radius 1 is 1.73 bits per heavy atom. The topological polar surface area (TPSA) is 46.2 Å². The van der Waals surface area contributed by atoms with Gasteiger partial charge < -0.3 is 10.8 Å². The summed E-state index contributed by atoms with van der Waals surface area (Å²) < 4.78 is 0. The van der Waals surface area contributed by atoms with Crippen LogP contribution in [0.3, 0.4) is 0 Å². The summed E-state index contributed by atoms with van der Waals surface area (Å²) in [6.07, 6.45) is 0.312. The van der Waals surface area contributed by atoms with Gasteiger partial charge in [-0.15, -0.1) is 11.3 Å². The molecule has 0 aliphatic carbocycles. The average molecular weight is 171 g/mol. The molecule has 1 aromatic rings. The minimum absolute atomic E-state index is 0.345. The number of aliphatic hydroxyl groups excluding tert-OH is 1. The number of thiophene rings is 1. The van der Waals surface area contributed by atoms with E-state index in [1.807, 2.05) is 5.38 Å². The Bertz CT molecular complexity index is 222. The van der Waals surface area contributed by atoms with E-state index in [0.29, 0.717) is 13.0 Å². The molecule has 1 aromatic heterocycles. The molecule has 11 heavy (non-hydrogen) atoms. The van der Waals surface area contributed by atoms with Crippen molar-refractivity contribution in [2.75, 3.05) is 6.54 Å². The van der Waals surface area contributed by atoms with Crippen LogP contribution >= 0.6 is 11.3 Å². The van der Waals surface area contributed by atoms with E-state index >= 15 is 0 Å². The molecule has 1 atom stereocenters. The zero-order valence-electron chi connectivity index (χ0n) is 6.58.